The predicted molar refractivity (Wildman–Crippen MR) is 102 cm³/mol. The lowest BCUT2D eigenvalue weighted by Gasteiger charge is -2.12. The predicted octanol–water partition coefficient (Wildman–Crippen LogP) is 3.35. The highest BCUT2D eigenvalue weighted by Crippen LogP contribution is 2.28. The highest BCUT2D eigenvalue weighted by molar-refractivity contribution is 5.79. The fourth-order valence-electron chi connectivity index (χ4n) is 2.38. The van der Waals surface area contributed by atoms with Gasteiger partial charge in [-0.3, -0.25) is 0 Å². The Morgan fingerprint density at radius 3 is 2.44 bits per heavy atom. The van der Waals surface area contributed by atoms with Gasteiger partial charge in [0.15, 0.2) is 17.5 Å². The standard InChI is InChI=1S/C20H27N3O2/c1-4-21-20(22-14-16-9-7-6-8-10-16)23-15-17-11-12-18(25-5-2)19(13-17)24-3/h6-13H,4-5,14-15H2,1-3H3,(H2,21,22,23). The average molecular weight is 341 g/mol. The van der Waals surface area contributed by atoms with E-state index in [9.17, 15) is 0 Å². The highest BCUT2D eigenvalue weighted by Gasteiger charge is 2.05. The molecule has 0 amide bonds. The van der Waals surface area contributed by atoms with Gasteiger partial charge in [-0.15, -0.1) is 0 Å². The third-order valence-electron chi connectivity index (χ3n) is 3.59. The van der Waals surface area contributed by atoms with Gasteiger partial charge in [-0.25, -0.2) is 4.99 Å². The molecule has 2 N–H and O–H groups in total. The Balaban J connectivity index is 2.02. The van der Waals surface area contributed by atoms with E-state index in [0.29, 0.717) is 13.2 Å². The van der Waals surface area contributed by atoms with Crippen molar-refractivity contribution in [1.29, 1.82) is 0 Å². The molecule has 0 atom stereocenters. The Bertz CT molecular complexity index is 672. The van der Waals surface area contributed by atoms with Crippen LogP contribution in [0.4, 0.5) is 0 Å². The summed E-state index contributed by atoms with van der Waals surface area (Å²) in [4.78, 5) is 4.65. The molecule has 2 aromatic rings. The van der Waals surface area contributed by atoms with Crippen LogP contribution in [0.2, 0.25) is 0 Å². The molecule has 0 spiro atoms. The van der Waals surface area contributed by atoms with Crippen molar-refractivity contribution >= 4 is 5.96 Å². The van der Waals surface area contributed by atoms with Gasteiger partial charge in [-0.2, -0.15) is 0 Å². The van der Waals surface area contributed by atoms with Gasteiger partial charge in [0.1, 0.15) is 0 Å². The second-order valence-electron chi connectivity index (χ2n) is 5.45. The van der Waals surface area contributed by atoms with Gasteiger partial charge >= 0.3 is 0 Å². The summed E-state index contributed by atoms with van der Waals surface area (Å²) in [7, 11) is 1.65. The number of nitrogens with one attached hydrogen (secondary N) is 2. The van der Waals surface area contributed by atoms with E-state index in [4.69, 9.17) is 9.47 Å². The van der Waals surface area contributed by atoms with Crippen molar-refractivity contribution < 1.29 is 9.47 Å². The lowest BCUT2D eigenvalue weighted by Crippen LogP contribution is -2.36. The van der Waals surface area contributed by atoms with E-state index in [1.807, 2.05) is 43.3 Å². The molecule has 0 heterocycles. The van der Waals surface area contributed by atoms with Gasteiger partial charge in [0, 0.05) is 13.1 Å². The molecule has 0 aliphatic heterocycles. The van der Waals surface area contributed by atoms with Gasteiger partial charge < -0.3 is 20.1 Å². The van der Waals surface area contributed by atoms with Gasteiger partial charge in [0.25, 0.3) is 0 Å². The van der Waals surface area contributed by atoms with Crippen LogP contribution >= 0.6 is 0 Å². The van der Waals surface area contributed by atoms with E-state index in [-0.39, 0.29) is 0 Å². The molecular formula is C20H27N3O2. The zero-order valence-electron chi connectivity index (χ0n) is 15.2. The Hall–Kier alpha value is -2.69. The number of aliphatic imine (C=N–C) groups is 1. The Morgan fingerprint density at radius 1 is 0.960 bits per heavy atom. The smallest absolute Gasteiger partial charge is 0.191 e. The second-order valence-corrected chi connectivity index (χ2v) is 5.45. The van der Waals surface area contributed by atoms with Crippen molar-refractivity contribution in [3.8, 4) is 11.5 Å². The zero-order chi connectivity index (χ0) is 17.9. The Kier molecular flexibility index (Phi) is 7.63. The minimum absolute atomic E-state index is 0.562. The minimum Gasteiger partial charge on any atom is -0.493 e. The summed E-state index contributed by atoms with van der Waals surface area (Å²) >= 11 is 0. The molecular weight excluding hydrogens is 314 g/mol. The fourth-order valence-corrected chi connectivity index (χ4v) is 2.38. The van der Waals surface area contributed by atoms with E-state index in [1.54, 1.807) is 7.11 Å². The molecule has 5 nitrogen and oxygen atoms in total. The number of methoxy groups -OCH3 is 1. The molecule has 0 fully saturated rings. The SMILES string of the molecule is CCNC(=NCc1ccc(OCC)c(OC)c1)NCc1ccccc1. The summed E-state index contributed by atoms with van der Waals surface area (Å²) in [5.74, 6) is 2.28. The summed E-state index contributed by atoms with van der Waals surface area (Å²) in [5.41, 5.74) is 2.29. The van der Waals surface area contributed by atoms with Crippen molar-refractivity contribution in [3.63, 3.8) is 0 Å². The third kappa shape index (κ3) is 6.03. The van der Waals surface area contributed by atoms with Gasteiger partial charge in [-0.1, -0.05) is 36.4 Å². The average Bonchev–Trinajstić information content (AvgIpc) is 2.66. The molecule has 5 heteroatoms. The first-order valence-corrected chi connectivity index (χ1v) is 8.62. The van der Waals surface area contributed by atoms with Crippen LogP contribution in [0.3, 0.4) is 0 Å². The molecule has 0 aromatic heterocycles. The molecule has 25 heavy (non-hydrogen) atoms. The first kappa shape index (κ1) is 18.6. The van der Waals surface area contributed by atoms with Crippen molar-refractivity contribution in [2.24, 2.45) is 4.99 Å². The Labute approximate surface area is 150 Å². The molecule has 0 saturated heterocycles. The molecule has 0 aliphatic carbocycles. The van der Waals surface area contributed by atoms with Crippen molar-refractivity contribution in [1.82, 2.24) is 10.6 Å². The van der Waals surface area contributed by atoms with Crippen LogP contribution in [0.25, 0.3) is 0 Å². The number of hydrogen-bond acceptors (Lipinski definition) is 3. The number of guanidine groups is 1. The van der Waals surface area contributed by atoms with Crippen LogP contribution in [0.1, 0.15) is 25.0 Å². The van der Waals surface area contributed by atoms with Crippen molar-refractivity contribution in [2.45, 2.75) is 26.9 Å². The van der Waals surface area contributed by atoms with E-state index >= 15 is 0 Å². The van der Waals surface area contributed by atoms with Crippen LogP contribution < -0.4 is 20.1 Å². The summed E-state index contributed by atoms with van der Waals surface area (Å²) in [5, 5.41) is 6.62. The number of ether oxygens (including phenoxy) is 2. The van der Waals surface area contributed by atoms with E-state index in [2.05, 4.69) is 34.7 Å². The summed E-state index contributed by atoms with van der Waals surface area (Å²) < 4.78 is 10.9. The second kappa shape index (κ2) is 10.2. The van der Waals surface area contributed by atoms with Gasteiger partial charge in [0.2, 0.25) is 0 Å². The topological polar surface area (TPSA) is 54.9 Å². The molecule has 134 valence electrons. The first-order valence-electron chi connectivity index (χ1n) is 8.62. The van der Waals surface area contributed by atoms with Crippen molar-refractivity contribution in [3.05, 3.63) is 59.7 Å². The largest absolute Gasteiger partial charge is 0.493 e. The number of benzene rings is 2. The summed E-state index contributed by atoms with van der Waals surface area (Å²) in [6.45, 7) is 6.74. The summed E-state index contributed by atoms with van der Waals surface area (Å²) in [6.07, 6.45) is 0. The van der Waals surface area contributed by atoms with Crippen LogP contribution in [-0.4, -0.2) is 26.2 Å². The van der Waals surface area contributed by atoms with Gasteiger partial charge in [-0.05, 0) is 37.1 Å². The monoisotopic (exact) mass is 341 g/mol. The maximum atomic E-state index is 5.55. The molecule has 0 unspecified atom stereocenters. The molecule has 0 bridgehead atoms. The Morgan fingerprint density at radius 2 is 1.76 bits per heavy atom. The fraction of sp³-hybridized carbons (Fsp3) is 0.350. The van der Waals surface area contributed by atoms with Crippen LogP contribution in [-0.2, 0) is 13.1 Å². The van der Waals surface area contributed by atoms with Crippen LogP contribution in [0.15, 0.2) is 53.5 Å². The molecule has 2 aromatic carbocycles. The number of rotatable bonds is 8. The highest BCUT2D eigenvalue weighted by atomic mass is 16.5. The molecule has 0 aliphatic rings. The quantitative estimate of drug-likeness (QED) is 0.571. The van der Waals surface area contributed by atoms with E-state index in [0.717, 1.165) is 36.1 Å². The van der Waals surface area contributed by atoms with Crippen LogP contribution in [0, 0.1) is 0 Å². The maximum absolute atomic E-state index is 5.55. The lowest BCUT2D eigenvalue weighted by molar-refractivity contribution is 0.310. The van der Waals surface area contributed by atoms with Gasteiger partial charge in [0.05, 0.1) is 20.3 Å². The van der Waals surface area contributed by atoms with E-state index < -0.39 is 0 Å². The minimum atomic E-state index is 0.562. The lowest BCUT2D eigenvalue weighted by atomic mass is 10.2. The number of hydrogen-bond donors (Lipinski definition) is 2. The maximum Gasteiger partial charge on any atom is 0.191 e. The van der Waals surface area contributed by atoms with Crippen molar-refractivity contribution in [2.75, 3.05) is 20.3 Å². The molecule has 0 radical (unpaired) electrons. The number of nitrogens with zero attached hydrogens (tertiary/aromatic N) is 1. The zero-order valence-corrected chi connectivity index (χ0v) is 15.2. The van der Waals surface area contributed by atoms with E-state index in [1.165, 1.54) is 5.56 Å². The molecule has 0 saturated carbocycles. The first-order chi connectivity index (χ1) is 12.3. The molecule has 2 rings (SSSR count). The normalized spacial score (nSPS) is 11.1. The summed E-state index contributed by atoms with van der Waals surface area (Å²) in [6, 6.07) is 16.2. The third-order valence-corrected chi connectivity index (χ3v) is 3.59. The van der Waals surface area contributed by atoms with Crippen LogP contribution in [0.5, 0.6) is 11.5 Å².